The quantitative estimate of drug-likeness (QED) is 0.776. The van der Waals surface area contributed by atoms with Crippen molar-refractivity contribution >= 4 is 5.91 Å². The molecule has 17 heavy (non-hydrogen) atoms. The minimum Gasteiger partial charge on any atom is -0.339 e. The van der Waals surface area contributed by atoms with Crippen LogP contribution >= 0.6 is 0 Å². The Labute approximate surface area is 104 Å². The topological polar surface area (TPSA) is 49.6 Å². The number of carbonyl (C=O) groups excluding carboxylic acids is 1. The third-order valence-electron chi connectivity index (χ3n) is 4.25. The van der Waals surface area contributed by atoms with E-state index in [4.69, 9.17) is 5.73 Å². The summed E-state index contributed by atoms with van der Waals surface area (Å²) in [6, 6.07) is 0.575. The molecule has 1 amide bonds. The molecule has 1 aliphatic carbocycles. The lowest BCUT2D eigenvalue weighted by atomic mass is 9.97. The van der Waals surface area contributed by atoms with Gasteiger partial charge in [0.1, 0.15) is 0 Å². The first kappa shape index (κ1) is 12.8. The minimum absolute atomic E-state index is 0.193. The number of rotatable bonds is 2. The summed E-state index contributed by atoms with van der Waals surface area (Å²) in [5, 5.41) is 0. The summed E-state index contributed by atoms with van der Waals surface area (Å²) in [5.74, 6) is 0.193. The van der Waals surface area contributed by atoms with E-state index in [2.05, 4.69) is 18.7 Å². The maximum absolute atomic E-state index is 12.4. The van der Waals surface area contributed by atoms with Gasteiger partial charge in [-0.15, -0.1) is 0 Å². The molecular formula is C13H25N3O. The van der Waals surface area contributed by atoms with Gasteiger partial charge < -0.3 is 10.6 Å². The molecule has 0 atom stereocenters. The Morgan fingerprint density at radius 1 is 1.12 bits per heavy atom. The summed E-state index contributed by atoms with van der Waals surface area (Å²) in [6.45, 7) is 8.07. The van der Waals surface area contributed by atoms with Crippen LogP contribution in [0.4, 0.5) is 0 Å². The monoisotopic (exact) mass is 239 g/mol. The van der Waals surface area contributed by atoms with Crippen molar-refractivity contribution in [3.63, 3.8) is 0 Å². The molecule has 4 nitrogen and oxygen atoms in total. The van der Waals surface area contributed by atoms with E-state index < -0.39 is 5.54 Å². The third kappa shape index (κ3) is 2.63. The maximum atomic E-state index is 12.4. The molecule has 0 radical (unpaired) electrons. The smallest absolute Gasteiger partial charge is 0.242 e. The van der Waals surface area contributed by atoms with Gasteiger partial charge in [-0.05, 0) is 26.7 Å². The van der Waals surface area contributed by atoms with Crippen molar-refractivity contribution in [1.82, 2.24) is 9.80 Å². The van der Waals surface area contributed by atoms with Crippen molar-refractivity contribution in [2.24, 2.45) is 5.73 Å². The van der Waals surface area contributed by atoms with Gasteiger partial charge in [0, 0.05) is 32.2 Å². The van der Waals surface area contributed by atoms with E-state index in [0.717, 1.165) is 51.9 Å². The molecule has 2 rings (SSSR count). The standard InChI is InChI=1S/C13H25N3O/c1-11(2)15-7-9-16(10-8-15)12(17)13(14)5-3-4-6-13/h11H,3-10,14H2,1-2H3. The Hall–Kier alpha value is -0.610. The van der Waals surface area contributed by atoms with Gasteiger partial charge in [-0.1, -0.05) is 12.8 Å². The maximum Gasteiger partial charge on any atom is 0.242 e. The van der Waals surface area contributed by atoms with Crippen LogP contribution in [-0.2, 0) is 4.79 Å². The van der Waals surface area contributed by atoms with Gasteiger partial charge >= 0.3 is 0 Å². The van der Waals surface area contributed by atoms with Crippen molar-refractivity contribution in [3.05, 3.63) is 0 Å². The van der Waals surface area contributed by atoms with Crippen LogP contribution in [0, 0.1) is 0 Å². The lowest BCUT2D eigenvalue weighted by molar-refractivity contribution is -0.138. The Bertz CT molecular complexity index is 276. The van der Waals surface area contributed by atoms with E-state index in [0.29, 0.717) is 6.04 Å². The zero-order valence-electron chi connectivity index (χ0n) is 11.1. The molecule has 1 saturated carbocycles. The fourth-order valence-electron chi connectivity index (χ4n) is 2.98. The minimum atomic E-state index is -0.542. The van der Waals surface area contributed by atoms with Gasteiger partial charge in [-0.2, -0.15) is 0 Å². The second-order valence-electron chi connectivity index (χ2n) is 5.79. The molecule has 2 fully saturated rings. The first-order chi connectivity index (χ1) is 8.03. The molecule has 2 aliphatic rings. The summed E-state index contributed by atoms with van der Waals surface area (Å²) in [7, 11) is 0. The number of carbonyl (C=O) groups is 1. The summed E-state index contributed by atoms with van der Waals surface area (Å²) >= 11 is 0. The zero-order chi connectivity index (χ0) is 12.5. The average Bonchev–Trinajstić information content (AvgIpc) is 2.76. The number of hydrogen-bond donors (Lipinski definition) is 1. The van der Waals surface area contributed by atoms with Crippen LogP contribution in [0.15, 0.2) is 0 Å². The fourth-order valence-corrected chi connectivity index (χ4v) is 2.98. The molecule has 0 aromatic heterocycles. The van der Waals surface area contributed by atoms with E-state index in [9.17, 15) is 4.79 Å². The van der Waals surface area contributed by atoms with Gasteiger partial charge in [-0.3, -0.25) is 9.69 Å². The summed E-state index contributed by atoms with van der Waals surface area (Å²) < 4.78 is 0. The Kier molecular flexibility index (Phi) is 3.73. The van der Waals surface area contributed by atoms with Crippen LogP contribution in [-0.4, -0.2) is 53.5 Å². The van der Waals surface area contributed by atoms with E-state index >= 15 is 0 Å². The van der Waals surface area contributed by atoms with Crippen LogP contribution in [0.25, 0.3) is 0 Å². The van der Waals surface area contributed by atoms with E-state index in [1.165, 1.54) is 0 Å². The Balaban J connectivity index is 1.90. The third-order valence-corrected chi connectivity index (χ3v) is 4.25. The highest BCUT2D eigenvalue weighted by molar-refractivity contribution is 5.86. The number of nitrogens with two attached hydrogens (primary N) is 1. The van der Waals surface area contributed by atoms with E-state index in [1.807, 2.05) is 4.90 Å². The number of hydrogen-bond acceptors (Lipinski definition) is 3. The fraction of sp³-hybridized carbons (Fsp3) is 0.923. The van der Waals surface area contributed by atoms with Crippen molar-refractivity contribution in [2.45, 2.75) is 51.1 Å². The van der Waals surface area contributed by atoms with Crippen LogP contribution in [0.2, 0.25) is 0 Å². The van der Waals surface area contributed by atoms with Crippen LogP contribution in [0.3, 0.4) is 0 Å². The van der Waals surface area contributed by atoms with Crippen molar-refractivity contribution < 1.29 is 4.79 Å². The number of piperazine rings is 1. The normalized spacial score (nSPS) is 25.5. The highest BCUT2D eigenvalue weighted by Gasteiger charge is 2.40. The van der Waals surface area contributed by atoms with Crippen molar-refractivity contribution in [2.75, 3.05) is 26.2 Å². The van der Waals surface area contributed by atoms with Crippen LogP contribution in [0.1, 0.15) is 39.5 Å². The van der Waals surface area contributed by atoms with Gasteiger partial charge in [0.15, 0.2) is 0 Å². The molecule has 1 heterocycles. The van der Waals surface area contributed by atoms with Crippen LogP contribution < -0.4 is 5.73 Å². The molecule has 0 unspecified atom stereocenters. The molecule has 98 valence electrons. The molecule has 0 aromatic carbocycles. The highest BCUT2D eigenvalue weighted by atomic mass is 16.2. The summed E-state index contributed by atoms with van der Waals surface area (Å²) in [5.41, 5.74) is 5.68. The first-order valence-corrected chi connectivity index (χ1v) is 6.85. The first-order valence-electron chi connectivity index (χ1n) is 6.85. The second kappa shape index (κ2) is 4.94. The van der Waals surface area contributed by atoms with E-state index in [1.54, 1.807) is 0 Å². The highest BCUT2D eigenvalue weighted by Crippen LogP contribution is 2.29. The molecule has 0 bridgehead atoms. The lowest BCUT2D eigenvalue weighted by Crippen LogP contribution is -2.59. The number of amides is 1. The predicted molar refractivity (Wildman–Crippen MR) is 68.7 cm³/mol. The van der Waals surface area contributed by atoms with Crippen LogP contribution in [0.5, 0.6) is 0 Å². The molecule has 1 aliphatic heterocycles. The summed E-state index contributed by atoms with van der Waals surface area (Å²) in [6.07, 6.45) is 3.95. The molecular weight excluding hydrogens is 214 g/mol. The Morgan fingerprint density at radius 3 is 2.12 bits per heavy atom. The second-order valence-corrected chi connectivity index (χ2v) is 5.79. The molecule has 0 aromatic rings. The largest absolute Gasteiger partial charge is 0.339 e. The predicted octanol–water partition coefficient (Wildman–Crippen LogP) is 0.811. The van der Waals surface area contributed by atoms with Crippen molar-refractivity contribution in [1.29, 1.82) is 0 Å². The SMILES string of the molecule is CC(C)N1CCN(C(=O)C2(N)CCCC2)CC1. The average molecular weight is 239 g/mol. The Morgan fingerprint density at radius 2 is 1.65 bits per heavy atom. The van der Waals surface area contributed by atoms with Gasteiger partial charge in [0.25, 0.3) is 0 Å². The molecule has 2 N–H and O–H groups in total. The van der Waals surface area contributed by atoms with Gasteiger partial charge in [0.2, 0.25) is 5.91 Å². The molecule has 0 spiro atoms. The molecule has 4 heteroatoms. The van der Waals surface area contributed by atoms with Gasteiger partial charge in [-0.25, -0.2) is 0 Å². The van der Waals surface area contributed by atoms with Crippen molar-refractivity contribution in [3.8, 4) is 0 Å². The lowest BCUT2D eigenvalue weighted by Gasteiger charge is -2.39. The molecule has 1 saturated heterocycles. The van der Waals surface area contributed by atoms with E-state index in [-0.39, 0.29) is 5.91 Å². The van der Waals surface area contributed by atoms with Gasteiger partial charge in [0.05, 0.1) is 5.54 Å². The number of nitrogens with zero attached hydrogens (tertiary/aromatic N) is 2. The zero-order valence-corrected chi connectivity index (χ0v) is 11.1. The summed E-state index contributed by atoms with van der Waals surface area (Å²) in [4.78, 5) is 16.8.